The van der Waals surface area contributed by atoms with Gasteiger partial charge in [0.05, 0.1) is 45.7 Å². The minimum atomic E-state index is -0.432. The summed E-state index contributed by atoms with van der Waals surface area (Å²) in [6, 6.07) is 17.8. The number of aromatic nitrogens is 4. The Labute approximate surface area is 288 Å². The van der Waals surface area contributed by atoms with Crippen LogP contribution in [-0.2, 0) is 17.1 Å². The third kappa shape index (κ3) is 9.44. The number of hydrogen-bond donors (Lipinski definition) is 4. The number of hydrogen-bond acceptors (Lipinski definition) is 10. The summed E-state index contributed by atoms with van der Waals surface area (Å²) >= 11 is 0. The van der Waals surface area contributed by atoms with Crippen LogP contribution < -0.4 is 10.9 Å². The van der Waals surface area contributed by atoms with Gasteiger partial charge in [0.25, 0.3) is 11.8 Å². The van der Waals surface area contributed by atoms with Crippen molar-refractivity contribution in [2.24, 2.45) is 10.2 Å². The number of amides is 2. The van der Waals surface area contributed by atoms with Gasteiger partial charge in [-0.2, -0.15) is 10.2 Å². The Kier molecular flexibility index (Phi) is 11.7. The quantitative estimate of drug-likeness (QED) is 0.105. The fourth-order valence-corrected chi connectivity index (χ4v) is 4.15. The second-order valence-electron chi connectivity index (χ2n) is 10.3. The number of aromatic hydroxyl groups is 2. The Balaban J connectivity index is 0.000000216. The summed E-state index contributed by atoms with van der Waals surface area (Å²) in [6.45, 7) is 3.64. The van der Waals surface area contributed by atoms with Crippen LogP contribution in [-0.4, -0.2) is 54.4 Å². The number of hydrazone groups is 2. The number of rotatable bonds is 6. The van der Waals surface area contributed by atoms with E-state index in [-0.39, 0.29) is 40.0 Å². The number of nitrogens with one attached hydrogen (secondary N) is 2. The van der Waals surface area contributed by atoms with Gasteiger partial charge in [-0.25, -0.2) is 29.6 Å². The molecule has 0 atom stereocenters. The third-order valence-electron chi connectivity index (χ3n) is 6.66. The fourth-order valence-electron chi connectivity index (χ4n) is 4.15. The van der Waals surface area contributed by atoms with E-state index in [0.29, 0.717) is 32.9 Å². The predicted octanol–water partition coefficient (Wildman–Crippen LogP) is 5.09. The number of nitrogens with zero attached hydrogens (tertiary/aromatic N) is 6. The van der Waals surface area contributed by atoms with E-state index in [1.54, 1.807) is 24.3 Å². The number of carbonyl (C=O) groups is 2. The van der Waals surface area contributed by atoms with Gasteiger partial charge < -0.3 is 10.2 Å². The molecular formula is C34H26CuF2N8O4. The van der Waals surface area contributed by atoms with E-state index in [2.05, 4.69) is 41.0 Å². The first kappa shape index (κ1) is 35.7. The van der Waals surface area contributed by atoms with Crippen LogP contribution >= 0.6 is 0 Å². The molecule has 0 bridgehead atoms. The van der Waals surface area contributed by atoms with Crippen molar-refractivity contribution < 1.29 is 45.7 Å². The molecule has 2 amide bonds. The van der Waals surface area contributed by atoms with Crippen LogP contribution in [0.4, 0.5) is 8.78 Å². The molecule has 1 radical (unpaired) electrons. The molecule has 15 heteroatoms. The van der Waals surface area contributed by atoms with Crippen molar-refractivity contribution in [3.05, 3.63) is 130 Å². The molecule has 6 rings (SSSR count). The van der Waals surface area contributed by atoms with Gasteiger partial charge in [-0.15, -0.1) is 0 Å². The van der Waals surface area contributed by atoms with Crippen LogP contribution in [0.2, 0.25) is 0 Å². The summed E-state index contributed by atoms with van der Waals surface area (Å²) < 4.78 is 26.5. The molecule has 0 spiro atoms. The van der Waals surface area contributed by atoms with Gasteiger partial charge in [0, 0.05) is 51.6 Å². The number of halogens is 2. The van der Waals surface area contributed by atoms with Crippen molar-refractivity contribution in [2.75, 3.05) is 0 Å². The normalized spacial score (nSPS) is 10.9. The molecule has 49 heavy (non-hydrogen) atoms. The molecule has 0 aliphatic heterocycles. The van der Waals surface area contributed by atoms with E-state index in [9.17, 15) is 28.6 Å². The number of aryl methyl sites for hydroxylation is 2. The maximum absolute atomic E-state index is 13.3. The summed E-state index contributed by atoms with van der Waals surface area (Å²) in [5.41, 5.74) is 8.42. The third-order valence-corrected chi connectivity index (χ3v) is 6.66. The van der Waals surface area contributed by atoms with Gasteiger partial charge in [0.1, 0.15) is 11.6 Å². The zero-order valence-electron chi connectivity index (χ0n) is 25.7. The molecule has 0 fully saturated rings. The van der Waals surface area contributed by atoms with Gasteiger partial charge in [0.15, 0.2) is 0 Å². The second-order valence-corrected chi connectivity index (χ2v) is 10.3. The summed E-state index contributed by atoms with van der Waals surface area (Å²) in [5, 5.41) is 28.3. The average molecular weight is 712 g/mol. The van der Waals surface area contributed by atoms with E-state index in [0.717, 1.165) is 11.4 Å². The molecule has 4 heterocycles. The molecule has 4 N–H and O–H groups in total. The molecule has 0 saturated heterocycles. The molecule has 0 aliphatic carbocycles. The summed E-state index contributed by atoms with van der Waals surface area (Å²) in [6.07, 6.45) is 5.37. The van der Waals surface area contributed by atoms with E-state index in [1.165, 1.54) is 73.4 Å². The molecule has 0 aliphatic rings. The van der Waals surface area contributed by atoms with Crippen molar-refractivity contribution in [3.8, 4) is 11.8 Å². The summed E-state index contributed by atoms with van der Waals surface area (Å²) in [4.78, 5) is 39.8. The van der Waals surface area contributed by atoms with Crippen molar-refractivity contribution in [1.29, 1.82) is 0 Å². The van der Waals surface area contributed by atoms with Crippen LogP contribution in [0.5, 0.6) is 11.8 Å². The average Bonchev–Trinajstić information content (AvgIpc) is 3.06. The van der Waals surface area contributed by atoms with Gasteiger partial charge in [-0.05, 0) is 86.6 Å². The Morgan fingerprint density at radius 2 is 1.06 bits per heavy atom. The van der Waals surface area contributed by atoms with E-state index in [4.69, 9.17) is 0 Å². The summed E-state index contributed by atoms with van der Waals surface area (Å²) in [5.74, 6) is -2.19. The Bertz CT molecular complexity index is 2040. The Morgan fingerprint density at radius 1 is 0.653 bits per heavy atom. The van der Waals surface area contributed by atoms with Gasteiger partial charge in [-0.1, -0.05) is 0 Å². The first-order valence-electron chi connectivity index (χ1n) is 14.2. The van der Waals surface area contributed by atoms with Crippen molar-refractivity contribution in [1.82, 2.24) is 30.8 Å². The van der Waals surface area contributed by atoms with Crippen LogP contribution in [0.25, 0.3) is 21.8 Å². The number of benzene rings is 2. The first-order valence-corrected chi connectivity index (χ1v) is 14.2. The topological polar surface area (TPSA) is 175 Å². The maximum atomic E-state index is 13.3. The minimum absolute atomic E-state index is 0. The molecule has 4 aromatic heterocycles. The van der Waals surface area contributed by atoms with Crippen LogP contribution in [0.3, 0.4) is 0 Å². The molecule has 2 aromatic carbocycles. The maximum Gasteiger partial charge on any atom is 0.272 e. The van der Waals surface area contributed by atoms with Crippen LogP contribution in [0.15, 0.2) is 95.4 Å². The molecule has 12 nitrogen and oxygen atoms in total. The zero-order chi connectivity index (χ0) is 34.2. The Morgan fingerprint density at radius 3 is 1.43 bits per heavy atom. The minimum Gasteiger partial charge on any atom is -0.493 e. The van der Waals surface area contributed by atoms with Crippen molar-refractivity contribution >= 4 is 46.0 Å². The standard InChI is InChI=1S/2C17H13FN4O2.Cu/c2*1-10-2-3-11(8-19-10)17(24)22-20-9-13-6-12-7-14(18)4-5-15(12)21-16(13)23;/h2*2-9H,1H3,(H,21,23)(H,22,24);/b2*20-9+;. The SMILES string of the molecule is Cc1ccc(C(=O)N/N=C/c2cc3cc(F)ccc3nc2O)cn1.Cc1ccc(C(=O)N/N=C/c2cc3cc(F)ccc3nc2O)cn1.[Cu]. The van der Waals surface area contributed by atoms with Gasteiger partial charge in [0.2, 0.25) is 11.8 Å². The molecular weight excluding hydrogens is 686 g/mol. The monoisotopic (exact) mass is 711 g/mol. The molecule has 251 valence electrons. The van der Waals surface area contributed by atoms with E-state index < -0.39 is 23.4 Å². The second kappa shape index (κ2) is 16.1. The van der Waals surface area contributed by atoms with Crippen LogP contribution in [0.1, 0.15) is 43.2 Å². The Hall–Kier alpha value is -6.18. The molecule has 0 unspecified atom stereocenters. The van der Waals surface area contributed by atoms with E-state index in [1.807, 2.05) is 13.8 Å². The van der Waals surface area contributed by atoms with E-state index >= 15 is 0 Å². The molecule has 0 saturated carbocycles. The van der Waals surface area contributed by atoms with Crippen molar-refractivity contribution in [2.45, 2.75) is 13.8 Å². The largest absolute Gasteiger partial charge is 0.493 e. The molecule has 6 aromatic rings. The number of pyridine rings is 4. The van der Waals surface area contributed by atoms with Crippen molar-refractivity contribution in [3.63, 3.8) is 0 Å². The predicted molar refractivity (Wildman–Crippen MR) is 175 cm³/mol. The number of fused-ring (bicyclic) bond motifs is 2. The smallest absolute Gasteiger partial charge is 0.272 e. The zero-order valence-corrected chi connectivity index (χ0v) is 26.6. The first-order chi connectivity index (χ1) is 23.0. The van der Waals surface area contributed by atoms with Gasteiger partial charge >= 0.3 is 0 Å². The van der Waals surface area contributed by atoms with Gasteiger partial charge in [-0.3, -0.25) is 19.6 Å². The summed E-state index contributed by atoms with van der Waals surface area (Å²) in [7, 11) is 0. The fraction of sp³-hybridized carbons (Fsp3) is 0.0588. The number of carbonyl (C=O) groups excluding carboxylic acids is 2. The van der Waals surface area contributed by atoms with Crippen LogP contribution in [0, 0.1) is 25.5 Å².